The molecule has 0 aliphatic carbocycles. The molecule has 1 aliphatic rings. The van der Waals surface area contributed by atoms with Gasteiger partial charge >= 0.3 is 0 Å². The third-order valence-corrected chi connectivity index (χ3v) is 10.3. The Balaban J connectivity index is 1.35. The minimum atomic E-state index is -0.432. The number of nitrogen functional groups attached to an aromatic ring is 2. The number of halogens is 1. The Morgan fingerprint density at radius 2 is 1.35 bits per heavy atom. The lowest BCUT2D eigenvalue weighted by molar-refractivity contribution is -0.936. The van der Waals surface area contributed by atoms with Crippen LogP contribution in [0.5, 0.6) is 11.5 Å². The number of anilines is 2. The Hall–Kier alpha value is -4.70. The number of hydrogen-bond acceptors (Lipinski definition) is 11. The summed E-state index contributed by atoms with van der Waals surface area (Å²) in [5.74, 6) is 0.572. The van der Waals surface area contributed by atoms with Gasteiger partial charge in [0, 0.05) is 52.5 Å². The number of piperidine rings is 1. The summed E-state index contributed by atoms with van der Waals surface area (Å²) in [6.45, 7) is 4.55. The van der Waals surface area contributed by atoms with Gasteiger partial charge in [-0.1, -0.05) is 35.9 Å². The molecule has 4 rings (SSSR count). The smallest absolute Gasteiger partial charge is 0.273 e. The number of aromatic nitrogens is 2. The lowest BCUT2D eigenvalue weighted by Crippen LogP contribution is -2.56. The number of carbonyl (C=O) groups is 3. The van der Waals surface area contributed by atoms with E-state index in [9.17, 15) is 14.4 Å². The predicted molar refractivity (Wildman–Crippen MR) is 211 cm³/mol. The Bertz CT molecular complexity index is 1620. The van der Waals surface area contributed by atoms with Gasteiger partial charge in [-0.3, -0.25) is 14.4 Å². The van der Waals surface area contributed by atoms with E-state index >= 15 is 0 Å². The van der Waals surface area contributed by atoms with Crippen LogP contribution in [0.25, 0.3) is 0 Å². The van der Waals surface area contributed by atoms with Crippen LogP contribution in [-0.4, -0.2) is 139 Å². The number of nitrogens with one attached hydrogen (secondary N) is 1. The number of quaternary nitrogens is 1. The van der Waals surface area contributed by atoms with Crippen molar-refractivity contribution in [3.05, 3.63) is 70.5 Å². The van der Waals surface area contributed by atoms with Gasteiger partial charge in [0.05, 0.1) is 39.4 Å². The molecule has 1 unspecified atom stereocenters. The molecular formula is C39H56ClN8O7+. The number of likely N-dealkylation sites (tertiary alicyclic amines) is 1. The molecule has 7 N–H and O–H groups in total. The number of amides is 3. The number of aliphatic hydroxyl groups excluding tert-OH is 2. The standard InChI is InChI=1S/C39H55ClN8O7/c1-46(17-22-49)33(51)26-54-31-13-9-28(10-14-31)6-3-19-48(20-4-7-29-11-15-32(16-12-29)55-27-34(52)47(2)18-23-50)21-5-8-30(25-48)24-43-39(53)35-37(41)45-38(42)36(40)44-35/h9-16,30,49-50H,3-8,17-27H2,1-2H3,(H4-,41,42,43,45,53)/p+1. The third kappa shape index (κ3) is 13.5. The van der Waals surface area contributed by atoms with Crippen LogP contribution in [0.3, 0.4) is 0 Å². The lowest BCUT2D eigenvalue weighted by Gasteiger charge is -2.45. The lowest BCUT2D eigenvalue weighted by atomic mass is 9.93. The van der Waals surface area contributed by atoms with E-state index < -0.39 is 5.91 Å². The highest BCUT2D eigenvalue weighted by Gasteiger charge is 2.35. The maximum Gasteiger partial charge on any atom is 0.273 e. The van der Waals surface area contributed by atoms with E-state index in [4.69, 9.17) is 42.8 Å². The molecule has 55 heavy (non-hydrogen) atoms. The van der Waals surface area contributed by atoms with Gasteiger partial charge < -0.3 is 50.8 Å². The molecule has 15 nitrogen and oxygen atoms in total. The zero-order valence-corrected chi connectivity index (χ0v) is 32.7. The van der Waals surface area contributed by atoms with Gasteiger partial charge in [0.1, 0.15) is 11.5 Å². The molecule has 1 aromatic heterocycles. The molecule has 2 heterocycles. The average Bonchev–Trinajstić information content (AvgIpc) is 3.17. The summed E-state index contributed by atoms with van der Waals surface area (Å²) in [6, 6.07) is 15.7. The Morgan fingerprint density at radius 3 is 1.84 bits per heavy atom. The van der Waals surface area contributed by atoms with E-state index in [0.717, 1.165) is 69.2 Å². The van der Waals surface area contributed by atoms with Crippen molar-refractivity contribution in [1.82, 2.24) is 25.1 Å². The zero-order chi connectivity index (χ0) is 39.8. The number of rotatable bonds is 21. The maximum absolute atomic E-state index is 13.0. The summed E-state index contributed by atoms with van der Waals surface area (Å²) in [6.07, 6.45) is 5.73. The fraction of sp³-hybridized carbons (Fsp3) is 0.513. The summed E-state index contributed by atoms with van der Waals surface area (Å²) in [7, 11) is 3.26. The van der Waals surface area contributed by atoms with Crippen molar-refractivity contribution < 1.29 is 38.6 Å². The van der Waals surface area contributed by atoms with Gasteiger partial charge in [0.25, 0.3) is 17.7 Å². The Labute approximate surface area is 328 Å². The summed E-state index contributed by atoms with van der Waals surface area (Å²) >= 11 is 6.02. The van der Waals surface area contributed by atoms with Crippen molar-refractivity contribution in [1.29, 1.82) is 0 Å². The molecular weight excluding hydrogens is 728 g/mol. The minimum absolute atomic E-state index is 0.0247. The van der Waals surface area contributed by atoms with Crippen molar-refractivity contribution in [2.24, 2.45) is 5.92 Å². The largest absolute Gasteiger partial charge is 0.484 e. The number of carbonyl (C=O) groups excluding carboxylic acids is 3. The zero-order valence-electron chi connectivity index (χ0n) is 31.9. The first kappa shape index (κ1) is 43.0. The molecule has 0 spiro atoms. The highest BCUT2D eigenvalue weighted by molar-refractivity contribution is 6.31. The molecule has 0 saturated carbocycles. The van der Waals surface area contributed by atoms with Crippen molar-refractivity contribution >= 4 is 41.0 Å². The Morgan fingerprint density at radius 1 is 0.836 bits per heavy atom. The number of nitrogens with two attached hydrogens (primary N) is 2. The van der Waals surface area contributed by atoms with Crippen molar-refractivity contribution in [3.63, 3.8) is 0 Å². The first-order valence-electron chi connectivity index (χ1n) is 18.8. The maximum atomic E-state index is 13.0. The minimum Gasteiger partial charge on any atom is -0.484 e. The van der Waals surface area contributed by atoms with Crippen LogP contribution < -0.4 is 26.3 Å². The molecule has 1 saturated heterocycles. The monoisotopic (exact) mass is 783 g/mol. The first-order valence-corrected chi connectivity index (χ1v) is 19.1. The van der Waals surface area contributed by atoms with E-state index in [2.05, 4.69) is 15.3 Å². The van der Waals surface area contributed by atoms with Crippen LogP contribution >= 0.6 is 11.6 Å². The fourth-order valence-corrected chi connectivity index (χ4v) is 6.99. The van der Waals surface area contributed by atoms with Crippen LogP contribution in [0.4, 0.5) is 11.6 Å². The van der Waals surface area contributed by atoms with E-state index in [1.165, 1.54) is 20.9 Å². The van der Waals surface area contributed by atoms with Gasteiger partial charge in [-0.25, -0.2) is 9.97 Å². The second-order valence-electron chi connectivity index (χ2n) is 14.2. The number of aliphatic hydroxyl groups is 2. The fourth-order valence-electron chi connectivity index (χ4n) is 6.86. The Kier molecular flexibility index (Phi) is 16.7. The van der Waals surface area contributed by atoms with E-state index in [-0.39, 0.29) is 79.7 Å². The van der Waals surface area contributed by atoms with Crippen LogP contribution in [0.1, 0.15) is 47.3 Å². The molecule has 1 fully saturated rings. The van der Waals surface area contributed by atoms with E-state index in [1.807, 2.05) is 48.5 Å². The number of likely N-dealkylation sites (N-methyl/N-ethyl adjacent to an activating group) is 2. The van der Waals surface area contributed by atoms with Gasteiger partial charge in [0.15, 0.2) is 35.7 Å². The second kappa shape index (κ2) is 21.4. The molecule has 1 aliphatic heterocycles. The van der Waals surface area contributed by atoms with Crippen molar-refractivity contribution in [3.8, 4) is 11.5 Å². The van der Waals surface area contributed by atoms with Crippen LogP contribution in [-0.2, 0) is 22.4 Å². The highest BCUT2D eigenvalue weighted by atomic mass is 35.5. The second-order valence-corrected chi connectivity index (χ2v) is 14.6. The quantitative estimate of drug-likeness (QED) is 0.0991. The third-order valence-electron chi connectivity index (χ3n) is 10.1. The molecule has 1 atom stereocenters. The van der Waals surface area contributed by atoms with Crippen LogP contribution in [0, 0.1) is 5.92 Å². The molecule has 3 aromatic rings. The first-order chi connectivity index (χ1) is 26.4. The van der Waals surface area contributed by atoms with E-state index in [0.29, 0.717) is 18.0 Å². The molecule has 0 radical (unpaired) electrons. The highest BCUT2D eigenvalue weighted by Crippen LogP contribution is 2.27. The van der Waals surface area contributed by atoms with E-state index in [1.54, 1.807) is 14.1 Å². The van der Waals surface area contributed by atoms with Crippen molar-refractivity contribution in [2.45, 2.75) is 38.5 Å². The number of benzene rings is 2. The SMILES string of the molecule is CN(CCO)C(=O)COc1ccc(CCC[N+]2(CCCc3ccc(OCC(=O)N(C)CCO)cc3)CCCC(CNC(=O)c3nc(Cl)c(N)nc3N)C2)cc1. The average molecular weight is 784 g/mol. The van der Waals surface area contributed by atoms with Crippen molar-refractivity contribution in [2.75, 3.05) is 97.8 Å². The van der Waals surface area contributed by atoms with Crippen LogP contribution in [0.15, 0.2) is 48.5 Å². The molecule has 300 valence electrons. The van der Waals surface area contributed by atoms with Gasteiger partial charge in [-0.2, -0.15) is 0 Å². The number of nitrogens with zero attached hydrogens (tertiary/aromatic N) is 5. The number of ether oxygens (including phenoxy) is 2. The van der Waals surface area contributed by atoms with Gasteiger partial charge in [0.2, 0.25) is 0 Å². The molecule has 2 aromatic carbocycles. The predicted octanol–water partition coefficient (Wildman–Crippen LogP) is 2.18. The summed E-state index contributed by atoms with van der Waals surface area (Å²) in [5, 5.41) is 21.1. The molecule has 3 amide bonds. The van der Waals surface area contributed by atoms with Gasteiger partial charge in [-0.05, 0) is 61.1 Å². The molecule has 16 heteroatoms. The topological polar surface area (TPSA) is 206 Å². The summed E-state index contributed by atoms with van der Waals surface area (Å²) in [5.41, 5.74) is 13.9. The summed E-state index contributed by atoms with van der Waals surface area (Å²) < 4.78 is 12.3. The van der Waals surface area contributed by atoms with Crippen LogP contribution in [0.2, 0.25) is 5.15 Å². The molecule has 0 bridgehead atoms. The number of aryl methyl sites for hydroxylation is 2. The summed E-state index contributed by atoms with van der Waals surface area (Å²) in [4.78, 5) is 48.2. The number of hydrogen-bond donors (Lipinski definition) is 5. The normalized spacial score (nSPS) is 14.9. The van der Waals surface area contributed by atoms with Gasteiger partial charge in [-0.15, -0.1) is 0 Å².